The maximum absolute atomic E-state index is 5.89. The second kappa shape index (κ2) is 5.70. The van der Waals surface area contributed by atoms with E-state index in [1.165, 1.54) is 0 Å². The molecule has 2 heterocycles. The van der Waals surface area contributed by atoms with E-state index in [0.717, 1.165) is 38.9 Å². The van der Waals surface area contributed by atoms with E-state index >= 15 is 0 Å². The Balaban J connectivity index is 1.63. The third kappa shape index (κ3) is 2.31. The van der Waals surface area contributed by atoms with E-state index in [-0.39, 0.29) is 0 Å². The summed E-state index contributed by atoms with van der Waals surface area (Å²) in [4.78, 5) is 9.13. The van der Waals surface area contributed by atoms with Gasteiger partial charge >= 0.3 is 0 Å². The van der Waals surface area contributed by atoms with Crippen molar-refractivity contribution in [3.8, 4) is 22.9 Å². The molecule has 0 fully saturated rings. The zero-order valence-corrected chi connectivity index (χ0v) is 13.8. The third-order valence-electron chi connectivity index (χ3n) is 4.34. The first-order chi connectivity index (χ1) is 12.8. The molecule has 0 bridgehead atoms. The van der Waals surface area contributed by atoms with Crippen LogP contribution in [0.4, 0.5) is 0 Å². The topological polar surface area (TPSA) is 52.1 Å². The van der Waals surface area contributed by atoms with E-state index in [2.05, 4.69) is 16.5 Å². The van der Waals surface area contributed by atoms with Crippen molar-refractivity contribution in [1.82, 2.24) is 9.97 Å². The standard InChI is InChI=1S/C22H14N2O2/c1-2-14-13-15(21-23-17-7-3-5-9-19(17)25-21)11-12-16(14)22-24-18-8-4-6-10-20(18)26-22/h2-13H,1H2. The van der Waals surface area contributed by atoms with Gasteiger partial charge in [0, 0.05) is 11.1 Å². The highest BCUT2D eigenvalue weighted by Gasteiger charge is 2.14. The lowest BCUT2D eigenvalue weighted by atomic mass is 10.0. The Hall–Kier alpha value is -3.66. The van der Waals surface area contributed by atoms with E-state index in [1.807, 2.05) is 66.7 Å². The summed E-state index contributed by atoms with van der Waals surface area (Å²) in [5, 5.41) is 0. The quantitative estimate of drug-likeness (QED) is 0.408. The first kappa shape index (κ1) is 14.7. The molecule has 26 heavy (non-hydrogen) atoms. The summed E-state index contributed by atoms with van der Waals surface area (Å²) in [7, 11) is 0. The SMILES string of the molecule is C=Cc1cc(-c2nc3ccccc3o2)ccc1-c1nc2ccccc2o1. The number of benzene rings is 3. The molecule has 0 atom stereocenters. The van der Waals surface area contributed by atoms with Gasteiger partial charge in [-0.1, -0.05) is 36.9 Å². The predicted octanol–water partition coefficient (Wildman–Crippen LogP) is 5.95. The molecule has 5 rings (SSSR count). The second-order valence-electron chi connectivity index (χ2n) is 5.98. The summed E-state index contributed by atoms with van der Waals surface area (Å²) in [6, 6.07) is 21.4. The number of fused-ring (bicyclic) bond motifs is 2. The van der Waals surface area contributed by atoms with Crippen LogP contribution < -0.4 is 0 Å². The summed E-state index contributed by atoms with van der Waals surface area (Å²) in [5.41, 5.74) is 5.89. The van der Waals surface area contributed by atoms with Gasteiger partial charge in [-0.3, -0.25) is 0 Å². The Morgan fingerprint density at radius 2 is 1.35 bits per heavy atom. The lowest BCUT2D eigenvalue weighted by Gasteiger charge is -2.04. The smallest absolute Gasteiger partial charge is 0.227 e. The molecule has 0 amide bonds. The largest absolute Gasteiger partial charge is 0.436 e. The highest BCUT2D eigenvalue weighted by molar-refractivity contribution is 5.81. The molecule has 0 unspecified atom stereocenters. The molecule has 4 heteroatoms. The zero-order valence-electron chi connectivity index (χ0n) is 13.8. The second-order valence-corrected chi connectivity index (χ2v) is 5.98. The molecule has 3 aromatic carbocycles. The number of rotatable bonds is 3. The maximum atomic E-state index is 5.89. The average Bonchev–Trinajstić information content (AvgIpc) is 3.31. The Labute approximate surface area is 149 Å². The molecule has 0 radical (unpaired) electrons. The van der Waals surface area contributed by atoms with Gasteiger partial charge in [-0.15, -0.1) is 0 Å². The lowest BCUT2D eigenvalue weighted by Crippen LogP contribution is -1.86. The third-order valence-corrected chi connectivity index (χ3v) is 4.34. The molecule has 5 aromatic rings. The number of hydrogen-bond acceptors (Lipinski definition) is 4. The number of oxazole rings is 2. The Morgan fingerprint density at radius 3 is 2.00 bits per heavy atom. The summed E-state index contributed by atoms with van der Waals surface area (Å²) < 4.78 is 11.8. The summed E-state index contributed by atoms with van der Waals surface area (Å²) in [6.45, 7) is 3.93. The van der Waals surface area contributed by atoms with Gasteiger partial charge in [-0.25, -0.2) is 9.97 Å². The average molecular weight is 338 g/mol. The fourth-order valence-corrected chi connectivity index (χ4v) is 3.04. The number of aromatic nitrogens is 2. The minimum atomic E-state index is 0.574. The van der Waals surface area contributed by atoms with Crippen LogP contribution in [0.5, 0.6) is 0 Å². The minimum Gasteiger partial charge on any atom is -0.436 e. The maximum Gasteiger partial charge on any atom is 0.227 e. The van der Waals surface area contributed by atoms with E-state index in [1.54, 1.807) is 6.08 Å². The minimum absolute atomic E-state index is 0.574. The van der Waals surface area contributed by atoms with Crippen LogP contribution in [0.15, 0.2) is 82.1 Å². The van der Waals surface area contributed by atoms with Crippen LogP contribution >= 0.6 is 0 Å². The monoisotopic (exact) mass is 338 g/mol. The van der Waals surface area contributed by atoms with Gasteiger partial charge in [0.15, 0.2) is 11.2 Å². The van der Waals surface area contributed by atoms with Gasteiger partial charge < -0.3 is 8.83 Å². The van der Waals surface area contributed by atoms with Gasteiger partial charge in [0.05, 0.1) is 0 Å². The highest BCUT2D eigenvalue weighted by Crippen LogP contribution is 2.32. The molecule has 4 nitrogen and oxygen atoms in total. The van der Waals surface area contributed by atoms with Crippen molar-refractivity contribution in [3.63, 3.8) is 0 Å². The van der Waals surface area contributed by atoms with Crippen molar-refractivity contribution < 1.29 is 8.83 Å². The number of nitrogens with zero attached hydrogens (tertiary/aromatic N) is 2. The molecule has 0 spiro atoms. The van der Waals surface area contributed by atoms with Crippen molar-refractivity contribution in [2.45, 2.75) is 0 Å². The molecular weight excluding hydrogens is 324 g/mol. The number of para-hydroxylation sites is 4. The molecule has 0 saturated carbocycles. The lowest BCUT2D eigenvalue weighted by molar-refractivity contribution is 0.617. The molecule has 0 aliphatic rings. The van der Waals surface area contributed by atoms with Gasteiger partial charge in [-0.2, -0.15) is 0 Å². The van der Waals surface area contributed by atoms with Gasteiger partial charge in [0.25, 0.3) is 0 Å². The first-order valence-electron chi connectivity index (χ1n) is 8.30. The van der Waals surface area contributed by atoms with Gasteiger partial charge in [-0.05, 0) is 48.0 Å². The van der Waals surface area contributed by atoms with E-state index in [9.17, 15) is 0 Å². The first-order valence-corrected chi connectivity index (χ1v) is 8.30. The van der Waals surface area contributed by atoms with E-state index in [0.29, 0.717) is 11.8 Å². The normalized spacial score (nSPS) is 11.2. The van der Waals surface area contributed by atoms with Crippen molar-refractivity contribution in [3.05, 3.63) is 78.9 Å². The molecule has 124 valence electrons. The fraction of sp³-hybridized carbons (Fsp3) is 0. The molecule has 2 aromatic heterocycles. The number of hydrogen-bond donors (Lipinski definition) is 0. The highest BCUT2D eigenvalue weighted by atomic mass is 16.4. The zero-order chi connectivity index (χ0) is 17.5. The van der Waals surface area contributed by atoms with Crippen LogP contribution in [-0.4, -0.2) is 9.97 Å². The van der Waals surface area contributed by atoms with Crippen LogP contribution in [0.1, 0.15) is 5.56 Å². The molecule has 0 N–H and O–H groups in total. The van der Waals surface area contributed by atoms with Crippen molar-refractivity contribution in [2.24, 2.45) is 0 Å². The predicted molar refractivity (Wildman–Crippen MR) is 103 cm³/mol. The molecule has 0 aliphatic carbocycles. The Kier molecular flexibility index (Phi) is 3.22. The molecule has 0 aliphatic heterocycles. The van der Waals surface area contributed by atoms with E-state index < -0.39 is 0 Å². The Morgan fingerprint density at radius 1 is 0.731 bits per heavy atom. The molecular formula is C22H14N2O2. The van der Waals surface area contributed by atoms with Crippen LogP contribution in [0, 0.1) is 0 Å². The van der Waals surface area contributed by atoms with E-state index in [4.69, 9.17) is 8.83 Å². The van der Waals surface area contributed by atoms with Gasteiger partial charge in [0.1, 0.15) is 11.0 Å². The van der Waals surface area contributed by atoms with Crippen LogP contribution in [-0.2, 0) is 0 Å². The van der Waals surface area contributed by atoms with Crippen molar-refractivity contribution >= 4 is 28.3 Å². The Bertz CT molecular complexity index is 1200. The molecule has 0 saturated heterocycles. The van der Waals surface area contributed by atoms with Crippen molar-refractivity contribution in [1.29, 1.82) is 0 Å². The summed E-state index contributed by atoms with van der Waals surface area (Å²) in [5.74, 6) is 1.16. The summed E-state index contributed by atoms with van der Waals surface area (Å²) >= 11 is 0. The van der Waals surface area contributed by atoms with Crippen molar-refractivity contribution in [2.75, 3.05) is 0 Å². The fourth-order valence-electron chi connectivity index (χ4n) is 3.04. The van der Waals surface area contributed by atoms with Gasteiger partial charge in [0.2, 0.25) is 11.8 Å². The van der Waals surface area contributed by atoms with Crippen LogP contribution in [0.2, 0.25) is 0 Å². The van der Waals surface area contributed by atoms with Crippen LogP contribution in [0.3, 0.4) is 0 Å². The summed E-state index contributed by atoms with van der Waals surface area (Å²) in [6.07, 6.45) is 1.79. The van der Waals surface area contributed by atoms with Crippen LogP contribution in [0.25, 0.3) is 51.2 Å².